The maximum absolute atomic E-state index is 12.4. The minimum Gasteiger partial charge on any atom is -0.325 e. The molecule has 19 heavy (non-hydrogen) atoms. The van der Waals surface area contributed by atoms with E-state index in [9.17, 15) is 18.0 Å². The molecule has 0 spiro atoms. The first-order chi connectivity index (χ1) is 8.79. The Morgan fingerprint density at radius 2 is 1.89 bits per heavy atom. The highest BCUT2D eigenvalue weighted by Crippen LogP contribution is 2.33. The van der Waals surface area contributed by atoms with Crippen molar-refractivity contribution < 1.29 is 18.0 Å². The van der Waals surface area contributed by atoms with Gasteiger partial charge < -0.3 is 10.2 Å². The summed E-state index contributed by atoms with van der Waals surface area (Å²) in [6, 6.07) is 2.42. The molecule has 0 unspecified atom stereocenters. The molecular formula is C12H14ClF3N2O. The van der Waals surface area contributed by atoms with Crippen molar-refractivity contribution >= 4 is 23.3 Å². The summed E-state index contributed by atoms with van der Waals surface area (Å²) in [4.78, 5) is 13.2. The number of halogens is 4. The fraction of sp³-hybridized carbons (Fsp3) is 0.417. The van der Waals surface area contributed by atoms with Gasteiger partial charge in [-0.25, -0.2) is 4.79 Å². The third-order valence-corrected chi connectivity index (χ3v) is 2.90. The van der Waals surface area contributed by atoms with E-state index in [1.807, 2.05) is 0 Å². The molecule has 7 heteroatoms. The van der Waals surface area contributed by atoms with Gasteiger partial charge in [0.25, 0.3) is 0 Å². The van der Waals surface area contributed by atoms with Gasteiger partial charge in [0.1, 0.15) is 0 Å². The predicted molar refractivity (Wildman–Crippen MR) is 68.4 cm³/mol. The lowest BCUT2D eigenvalue weighted by atomic mass is 10.2. The Labute approximate surface area is 114 Å². The normalized spacial score (nSPS) is 11.3. The molecule has 0 aliphatic rings. The van der Waals surface area contributed by atoms with E-state index < -0.39 is 17.8 Å². The number of nitrogens with zero attached hydrogens (tertiary/aromatic N) is 1. The fourth-order valence-corrected chi connectivity index (χ4v) is 1.73. The Morgan fingerprint density at radius 3 is 2.32 bits per heavy atom. The summed E-state index contributed by atoms with van der Waals surface area (Å²) >= 11 is 5.74. The molecular weight excluding hydrogens is 281 g/mol. The summed E-state index contributed by atoms with van der Waals surface area (Å²) in [7, 11) is 0. The zero-order chi connectivity index (χ0) is 14.6. The Balaban J connectivity index is 2.89. The van der Waals surface area contributed by atoms with Crippen LogP contribution < -0.4 is 5.32 Å². The number of amides is 2. The van der Waals surface area contributed by atoms with Gasteiger partial charge >= 0.3 is 12.2 Å². The first-order valence-corrected chi connectivity index (χ1v) is 6.10. The molecule has 0 atom stereocenters. The molecule has 0 fully saturated rings. The van der Waals surface area contributed by atoms with Crippen molar-refractivity contribution in [1.82, 2.24) is 4.90 Å². The zero-order valence-electron chi connectivity index (χ0n) is 10.5. The molecule has 0 aliphatic heterocycles. The van der Waals surface area contributed by atoms with Crippen LogP contribution in [0.15, 0.2) is 18.2 Å². The second-order valence-electron chi connectivity index (χ2n) is 3.79. The molecule has 1 N–H and O–H groups in total. The first-order valence-electron chi connectivity index (χ1n) is 5.72. The molecule has 0 aliphatic carbocycles. The topological polar surface area (TPSA) is 32.3 Å². The van der Waals surface area contributed by atoms with E-state index in [-0.39, 0.29) is 10.7 Å². The third-order valence-electron chi connectivity index (χ3n) is 2.59. The molecule has 0 heterocycles. The number of benzene rings is 1. The molecule has 2 amide bonds. The number of carbonyl (C=O) groups is 1. The number of hydrogen-bond donors (Lipinski definition) is 1. The monoisotopic (exact) mass is 294 g/mol. The Hall–Kier alpha value is -1.43. The smallest absolute Gasteiger partial charge is 0.325 e. The average molecular weight is 295 g/mol. The number of rotatable bonds is 3. The molecule has 1 rings (SSSR count). The van der Waals surface area contributed by atoms with Crippen molar-refractivity contribution in [3.63, 3.8) is 0 Å². The van der Waals surface area contributed by atoms with Crippen LogP contribution in [0.1, 0.15) is 19.4 Å². The van der Waals surface area contributed by atoms with E-state index >= 15 is 0 Å². The second kappa shape index (κ2) is 6.14. The molecule has 0 saturated heterocycles. The van der Waals surface area contributed by atoms with Crippen LogP contribution in [-0.4, -0.2) is 24.0 Å². The van der Waals surface area contributed by atoms with Crippen LogP contribution in [0.2, 0.25) is 5.02 Å². The van der Waals surface area contributed by atoms with Crippen molar-refractivity contribution in [2.24, 2.45) is 0 Å². The van der Waals surface area contributed by atoms with Gasteiger partial charge in [0, 0.05) is 13.1 Å². The van der Waals surface area contributed by atoms with Gasteiger partial charge in [-0.2, -0.15) is 13.2 Å². The highest BCUT2D eigenvalue weighted by atomic mass is 35.5. The minimum atomic E-state index is -4.45. The van der Waals surface area contributed by atoms with Gasteiger partial charge in [0.2, 0.25) is 0 Å². The maximum Gasteiger partial charge on any atom is 0.416 e. The van der Waals surface area contributed by atoms with Gasteiger partial charge in [0.05, 0.1) is 16.3 Å². The number of alkyl halides is 3. The third kappa shape index (κ3) is 4.02. The van der Waals surface area contributed by atoms with E-state index in [0.29, 0.717) is 13.1 Å². The largest absolute Gasteiger partial charge is 0.416 e. The molecule has 1 aromatic carbocycles. The predicted octanol–water partition coefficient (Wildman–Crippen LogP) is 4.23. The number of anilines is 1. The van der Waals surface area contributed by atoms with E-state index in [1.165, 1.54) is 4.90 Å². The molecule has 0 aromatic heterocycles. The van der Waals surface area contributed by atoms with Crippen molar-refractivity contribution in [3.8, 4) is 0 Å². The van der Waals surface area contributed by atoms with Crippen molar-refractivity contribution in [2.45, 2.75) is 20.0 Å². The Bertz CT molecular complexity index is 459. The molecule has 0 saturated carbocycles. The van der Waals surface area contributed by atoms with Gasteiger partial charge in [-0.1, -0.05) is 11.6 Å². The molecule has 1 aromatic rings. The maximum atomic E-state index is 12.4. The average Bonchev–Trinajstić information content (AvgIpc) is 2.32. The highest BCUT2D eigenvalue weighted by molar-refractivity contribution is 6.33. The highest BCUT2D eigenvalue weighted by Gasteiger charge is 2.31. The van der Waals surface area contributed by atoms with E-state index in [4.69, 9.17) is 11.6 Å². The summed E-state index contributed by atoms with van der Waals surface area (Å²) in [6.07, 6.45) is -4.45. The minimum absolute atomic E-state index is 0.143. The van der Waals surface area contributed by atoms with Crippen molar-refractivity contribution in [3.05, 3.63) is 28.8 Å². The SMILES string of the molecule is CCN(CC)C(=O)Nc1ccc(C(F)(F)F)cc1Cl. The van der Waals surface area contributed by atoms with Gasteiger partial charge in [-0.15, -0.1) is 0 Å². The quantitative estimate of drug-likeness (QED) is 0.889. The van der Waals surface area contributed by atoms with E-state index in [0.717, 1.165) is 18.2 Å². The lowest BCUT2D eigenvalue weighted by molar-refractivity contribution is -0.137. The number of nitrogens with one attached hydrogen (secondary N) is 1. The fourth-order valence-electron chi connectivity index (χ4n) is 1.50. The van der Waals surface area contributed by atoms with Gasteiger partial charge in [-0.05, 0) is 32.0 Å². The standard InChI is InChI=1S/C12H14ClF3N2O/c1-3-18(4-2)11(19)17-10-6-5-8(7-9(10)13)12(14,15)16/h5-7H,3-4H2,1-2H3,(H,17,19). The van der Waals surface area contributed by atoms with Crippen LogP contribution in [0.5, 0.6) is 0 Å². The molecule has 0 radical (unpaired) electrons. The number of hydrogen-bond acceptors (Lipinski definition) is 1. The van der Waals surface area contributed by atoms with Gasteiger partial charge in [0.15, 0.2) is 0 Å². The summed E-state index contributed by atoms with van der Waals surface area (Å²) in [6.45, 7) is 4.61. The molecule has 106 valence electrons. The van der Waals surface area contributed by atoms with Crippen LogP contribution in [0.4, 0.5) is 23.7 Å². The van der Waals surface area contributed by atoms with Crippen LogP contribution >= 0.6 is 11.6 Å². The van der Waals surface area contributed by atoms with Crippen LogP contribution in [0.25, 0.3) is 0 Å². The van der Waals surface area contributed by atoms with Crippen LogP contribution in [0.3, 0.4) is 0 Å². The Morgan fingerprint density at radius 1 is 1.32 bits per heavy atom. The van der Waals surface area contributed by atoms with E-state index in [2.05, 4.69) is 5.32 Å². The number of carbonyl (C=O) groups excluding carboxylic acids is 1. The van der Waals surface area contributed by atoms with Crippen molar-refractivity contribution in [1.29, 1.82) is 0 Å². The lowest BCUT2D eigenvalue weighted by Crippen LogP contribution is -2.34. The molecule has 3 nitrogen and oxygen atoms in total. The van der Waals surface area contributed by atoms with Crippen molar-refractivity contribution in [2.75, 3.05) is 18.4 Å². The Kier molecular flexibility index (Phi) is 5.05. The zero-order valence-corrected chi connectivity index (χ0v) is 11.3. The second-order valence-corrected chi connectivity index (χ2v) is 4.20. The summed E-state index contributed by atoms with van der Waals surface area (Å²) in [5.74, 6) is 0. The molecule has 0 bridgehead atoms. The van der Waals surface area contributed by atoms with Crippen LogP contribution in [0, 0.1) is 0 Å². The summed E-state index contributed by atoms with van der Waals surface area (Å²) < 4.78 is 37.3. The summed E-state index contributed by atoms with van der Waals surface area (Å²) in [5.41, 5.74) is -0.690. The summed E-state index contributed by atoms with van der Waals surface area (Å²) in [5, 5.41) is 2.34. The van der Waals surface area contributed by atoms with E-state index in [1.54, 1.807) is 13.8 Å². The first kappa shape index (κ1) is 15.6. The lowest BCUT2D eigenvalue weighted by Gasteiger charge is -2.20. The van der Waals surface area contributed by atoms with Gasteiger partial charge in [-0.3, -0.25) is 0 Å². The number of urea groups is 1. The van der Waals surface area contributed by atoms with Crippen LogP contribution in [-0.2, 0) is 6.18 Å².